The van der Waals surface area contributed by atoms with Crippen LogP contribution in [0.3, 0.4) is 0 Å². The number of ether oxygens (including phenoxy) is 1. The van der Waals surface area contributed by atoms with Gasteiger partial charge in [0.1, 0.15) is 17.9 Å². The number of thiocarbonyl (C=S) groups is 1. The summed E-state index contributed by atoms with van der Waals surface area (Å²) in [5.41, 5.74) is 2.74. The van der Waals surface area contributed by atoms with Crippen LogP contribution in [0.15, 0.2) is 67.1 Å². The third-order valence-corrected chi connectivity index (χ3v) is 3.58. The molecule has 0 saturated heterocycles. The van der Waals surface area contributed by atoms with Crippen LogP contribution < -0.4 is 15.4 Å². The van der Waals surface area contributed by atoms with Crippen molar-refractivity contribution in [1.29, 1.82) is 0 Å². The van der Waals surface area contributed by atoms with Crippen LogP contribution >= 0.6 is 12.2 Å². The molecule has 0 saturated carbocycles. The van der Waals surface area contributed by atoms with Crippen LogP contribution in [-0.4, -0.2) is 22.2 Å². The van der Waals surface area contributed by atoms with E-state index in [-0.39, 0.29) is 0 Å². The summed E-state index contributed by atoms with van der Waals surface area (Å²) in [5.74, 6) is 1.44. The summed E-state index contributed by atoms with van der Waals surface area (Å²) in [6.07, 6.45) is 3.24. The summed E-state index contributed by atoms with van der Waals surface area (Å²) in [4.78, 5) is 8.41. The van der Waals surface area contributed by atoms with Gasteiger partial charge in [-0.1, -0.05) is 30.3 Å². The van der Waals surface area contributed by atoms with E-state index < -0.39 is 0 Å². The Morgan fingerprint density at radius 2 is 1.75 bits per heavy atom. The molecular weight excluding hydrogens is 320 g/mol. The van der Waals surface area contributed by atoms with Gasteiger partial charge in [-0.3, -0.25) is 0 Å². The summed E-state index contributed by atoms with van der Waals surface area (Å²) in [5, 5.41) is 6.72. The molecule has 0 atom stereocenters. The number of hydrogen-bond donors (Lipinski definition) is 2. The Labute approximate surface area is 145 Å². The molecule has 0 aliphatic rings. The van der Waals surface area contributed by atoms with Gasteiger partial charge in [-0.25, -0.2) is 9.97 Å². The van der Waals surface area contributed by atoms with Gasteiger partial charge < -0.3 is 15.4 Å². The smallest absolute Gasteiger partial charge is 0.176 e. The summed E-state index contributed by atoms with van der Waals surface area (Å²) in [6.45, 7) is 0. The second kappa shape index (κ2) is 7.52. The lowest BCUT2D eigenvalue weighted by Crippen LogP contribution is -2.20. The molecule has 1 heterocycles. The number of methoxy groups -OCH3 is 1. The SMILES string of the molecule is COc1ccc(-c2cncnc2NC(=S)Nc2ccccc2)cc1. The summed E-state index contributed by atoms with van der Waals surface area (Å²) >= 11 is 5.36. The zero-order valence-electron chi connectivity index (χ0n) is 13.1. The topological polar surface area (TPSA) is 59.1 Å². The first-order valence-electron chi connectivity index (χ1n) is 7.34. The highest BCUT2D eigenvalue weighted by atomic mass is 32.1. The van der Waals surface area contributed by atoms with Crippen LogP contribution in [0.2, 0.25) is 0 Å². The first kappa shape index (κ1) is 15.9. The summed E-state index contributed by atoms with van der Waals surface area (Å²) in [6, 6.07) is 17.4. The zero-order valence-corrected chi connectivity index (χ0v) is 13.9. The molecule has 3 aromatic rings. The summed E-state index contributed by atoms with van der Waals surface area (Å²) < 4.78 is 5.19. The number of para-hydroxylation sites is 1. The molecule has 2 N–H and O–H groups in total. The minimum atomic E-state index is 0.467. The molecule has 5 nitrogen and oxygen atoms in total. The predicted octanol–water partition coefficient (Wildman–Crippen LogP) is 3.96. The number of benzene rings is 2. The van der Waals surface area contributed by atoms with Crippen molar-refractivity contribution in [2.45, 2.75) is 0 Å². The van der Waals surface area contributed by atoms with Crippen LogP contribution in [0.1, 0.15) is 0 Å². The van der Waals surface area contributed by atoms with E-state index in [9.17, 15) is 0 Å². The van der Waals surface area contributed by atoms with Crippen LogP contribution in [0.4, 0.5) is 11.5 Å². The van der Waals surface area contributed by atoms with Crippen molar-refractivity contribution in [2.24, 2.45) is 0 Å². The molecule has 1 aromatic heterocycles. The maximum Gasteiger partial charge on any atom is 0.176 e. The molecule has 0 bridgehead atoms. The Hall–Kier alpha value is -2.99. The van der Waals surface area contributed by atoms with E-state index in [2.05, 4.69) is 20.6 Å². The molecule has 0 unspecified atom stereocenters. The van der Waals surface area contributed by atoms with Gasteiger partial charge in [-0.15, -0.1) is 0 Å². The van der Waals surface area contributed by atoms with Crippen LogP contribution in [0, 0.1) is 0 Å². The van der Waals surface area contributed by atoms with Gasteiger partial charge >= 0.3 is 0 Å². The predicted molar refractivity (Wildman–Crippen MR) is 100 cm³/mol. The van der Waals surface area contributed by atoms with Crippen molar-refractivity contribution < 1.29 is 4.74 Å². The van der Waals surface area contributed by atoms with Crippen LogP contribution in [0.5, 0.6) is 5.75 Å². The average Bonchev–Trinajstić information content (AvgIpc) is 2.63. The highest BCUT2D eigenvalue weighted by Gasteiger charge is 2.09. The molecule has 0 amide bonds. The lowest BCUT2D eigenvalue weighted by Gasteiger charge is -2.13. The second-order valence-electron chi connectivity index (χ2n) is 4.96. The number of hydrogen-bond acceptors (Lipinski definition) is 4. The Morgan fingerprint density at radius 1 is 1.00 bits per heavy atom. The third kappa shape index (κ3) is 3.85. The van der Waals surface area contributed by atoms with Gasteiger partial charge in [0.05, 0.1) is 7.11 Å². The fourth-order valence-electron chi connectivity index (χ4n) is 2.20. The monoisotopic (exact) mass is 336 g/mol. The molecule has 0 aliphatic heterocycles. The summed E-state index contributed by atoms with van der Waals surface area (Å²) in [7, 11) is 1.64. The van der Waals surface area contributed by atoms with E-state index in [4.69, 9.17) is 17.0 Å². The van der Waals surface area contributed by atoms with E-state index >= 15 is 0 Å². The van der Waals surface area contributed by atoms with Gasteiger partial charge in [-0.2, -0.15) is 0 Å². The molecule has 6 heteroatoms. The number of anilines is 2. The molecule has 0 aliphatic carbocycles. The zero-order chi connectivity index (χ0) is 16.8. The highest BCUT2D eigenvalue weighted by molar-refractivity contribution is 7.80. The molecular formula is C18H16N4OS. The number of aromatic nitrogens is 2. The van der Waals surface area contributed by atoms with Crippen molar-refractivity contribution >= 4 is 28.8 Å². The first-order valence-corrected chi connectivity index (χ1v) is 7.74. The third-order valence-electron chi connectivity index (χ3n) is 3.38. The quantitative estimate of drug-likeness (QED) is 0.703. The Balaban J connectivity index is 1.79. The minimum absolute atomic E-state index is 0.467. The first-order chi connectivity index (χ1) is 11.8. The normalized spacial score (nSPS) is 10.0. The maximum atomic E-state index is 5.36. The Kier molecular flexibility index (Phi) is 4.98. The van der Waals surface area contributed by atoms with Gasteiger partial charge in [-0.05, 0) is 42.0 Å². The fraction of sp³-hybridized carbons (Fsp3) is 0.0556. The van der Waals surface area contributed by atoms with Crippen molar-refractivity contribution in [3.8, 4) is 16.9 Å². The second-order valence-corrected chi connectivity index (χ2v) is 5.37. The molecule has 2 aromatic carbocycles. The Bertz CT molecular complexity index is 822. The van der Waals surface area contributed by atoms with Crippen molar-refractivity contribution in [3.05, 3.63) is 67.1 Å². The largest absolute Gasteiger partial charge is 0.497 e. The van der Waals surface area contributed by atoms with E-state index in [1.54, 1.807) is 13.3 Å². The number of rotatable bonds is 4. The van der Waals surface area contributed by atoms with E-state index in [0.29, 0.717) is 10.9 Å². The maximum absolute atomic E-state index is 5.36. The van der Waals surface area contributed by atoms with Crippen LogP contribution in [0.25, 0.3) is 11.1 Å². The number of nitrogens with zero attached hydrogens (tertiary/aromatic N) is 2. The van der Waals surface area contributed by atoms with Gasteiger partial charge in [0.15, 0.2) is 5.11 Å². The molecule has 120 valence electrons. The minimum Gasteiger partial charge on any atom is -0.497 e. The van der Waals surface area contributed by atoms with Gasteiger partial charge in [0, 0.05) is 17.4 Å². The fourth-order valence-corrected chi connectivity index (χ4v) is 2.42. The van der Waals surface area contributed by atoms with E-state index in [1.165, 1.54) is 6.33 Å². The molecule has 0 fully saturated rings. The standard InChI is InChI=1S/C18H16N4OS/c1-23-15-9-7-13(8-10-15)16-11-19-12-20-17(16)22-18(24)21-14-5-3-2-4-6-14/h2-12H,1H3,(H2,19,20,21,22,24). The van der Waals surface area contributed by atoms with E-state index in [1.807, 2.05) is 54.6 Å². The van der Waals surface area contributed by atoms with Gasteiger partial charge in [0.25, 0.3) is 0 Å². The van der Waals surface area contributed by atoms with Gasteiger partial charge in [0.2, 0.25) is 0 Å². The average molecular weight is 336 g/mol. The lowest BCUT2D eigenvalue weighted by atomic mass is 10.1. The highest BCUT2D eigenvalue weighted by Crippen LogP contribution is 2.27. The van der Waals surface area contributed by atoms with E-state index in [0.717, 1.165) is 22.6 Å². The van der Waals surface area contributed by atoms with Crippen molar-refractivity contribution in [3.63, 3.8) is 0 Å². The van der Waals surface area contributed by atoms with Crippen molar-refractivity contribution in [1.82, 2.24) is 9.97 Å². The molecule has 0 radical (unpaired) electrons. The molecule has 24 heavy (non-hydrogen) atoms. The molecule has 3 rings (SSSR count). The lowest BCUT2D eigenvalue weighted by molar-refractivity contribution is 0.415. The molecule has 0 spiro atoms. The number of nitrogens with one attached hydrogen (secondary N) is 2. The van der Waals surface area contributed by atoms with Crippen molar-refractivity contribution in [2.75, 3.05) is 17.7 Å². The van der Waals surface area contributed by atoms with Crippen LogP contribution in [-0.2, 0) is 0 Å². The Morgan fingerprint density at radius 3 is 2.46 bits per heavy atom.